The number of benzene rings is 1. The van der Waals surface area contributed by atoms with E-state index < -0.39 is 0 Å². The molecule has 0 radical (unpaired) electrons. The second kappa shape index (κ2) is 7.42. The molecule has 2 unspecified atom stereocenters. The zero-order valence-electron chi connectivity index (χ0n) is 12.4. The maximum atomic E-state index is 11.8. The number of nitrogens with zero attached hydrogens (tertiary/aromatic N) is 1. The van der Waals surface area contributed by atoms with E-state index in [1.807, 2.05) is 37.3 Å². The third-order valence-electron chi connectivity index (χ3n) is 3.78. The molecule has 1 fully saturated rings. The van der Waals surface area contributed by atoms with Crippen molar-refractivity contribution in [3.63, 3.8) is 0 Å². The molecule has 0 spiro atoms. The first kappa shape index (κ1) is 16.5. The standard InChI is InChI=1S/C16H19N3O2.ClH/c1-11-13(9-12-5-2-3-7-15(12)21-11)10-18-19-16(20)14-6-4-8-17-14;/h2-3,5,7,9-11,14,17H,4,6,8H2,1H3,(H,19,20);1H/b18-10+;. The van der Waals surface area contributed by atoms with Crippen molar-refractivity contribution in [2.75, 3.05) is 6.54 Å². The Hall–Kier alpha value is -1.85. The van der Waals surface area contributed by atoms with Gasteiger partial charge in [-0.3, -0.25) is 4.79 Å². The van der Waals surface area contributed by atoms with Crippen molar-refractivity contribution in [1.29, 1.82) is 0 Å². The van der Waals surface area contributed by atoms with E-state index in [1.165, 1.54) is 0 Å². The van der Waals surface area contributed by atoms with Crippen LogP contribution in [0.3, 0.4) is 0 Å². The van der Waals surface area contributed by atoms with E-state index >= 15 is 0 Å². The van der Waals surface area contributed by atoms with Gasteiger partial charge in [0.2, 0.25) is 0 Å². The predicted molar refractivity (Wildman–Crippen MR) is 89.4 cm³/mol. The first-order chi connectivity index (χ1) is 10.2. The van der Waals surface area contributed by atoms with Crippen molar-refractivity contribution in [2.45, 2.75) is 31.9 Å². The molecule has 1 saturated heterocycles. The average molecular weight is 322 g/mol. The van der Waals surface area contributed by atoms with E-state index in [2.05, 4.69) is 15.8 Å². The van der Waals surface area contributed by atoms with Gasteiger partial charge >= 0.3 is 0 Å². The van der Waals surface area contributed by atoms with Crippen LogP contribution in [0.2, 0.25) is 0 Å². The third kappa shape index (κ3) is 3.67. The lowest BCUT2D eigenvalue weighted by Crippen LogP contribution is -2.38. The van der Waals surface area contributed by atoms with Crippen LogP contribution >= 0.6 is 12.4 Å². The van der Waals surface area contributed by atoms with Crippen LogP contribution in [0.25, 0.3) is 6.08 Å². The van der Waals surface area contributed by atoms with E-state index in [1.54, 1.807) is 6.21 Å². The molecule has 5 nitrogen and oxygen atoms in total. The highest BCUT2D eigenvalue weighted by atomic mass is 35.5. The van der Waals surface area contributed by atoms with Crippen molar-refractivity contribution in [2.24, 2.45) is 5.10 Å². The van der Waals surface area contributed by atoms with Gasteiger partial charge in [0.25, 0.3) is 5.91 Å². The van der Waals surface area contributed by atoms with Crippen molar-refractivity contribution in [3.8, 4) is 5.75 Å². The minimum atomic E-state index is -0.114. The highest BCUT2D eigenvalue weighted by molar-refractivity contribution is 5.90. The lowest BCUT2D eigenvalue weighted by atomic mass is 10.0. The molecule has 3 rings (SSSR count). The Morgan fingerprint density at radius 1 is 1.45 bits per heavy atom. The van der Waals surface area contributed by atoms with Gasteiger partial charge in [-0.2, -0.15) is 5.10 Å². The van der Waals surface area contributed by atoms with E-state index in [0.717, 1.165) is 36.3 Å². The number of halogens is 1. The van der Waals surface area contributed by atoms with Crippen LogP contribution in [0.5, 0.6) is 5.75 Å². The topological polar surface area (TPSA) is 62.7 Å². The number of amides is 1. The maximum Gasteiger partial charge on any atom is 0.257 e. The molecule has 0 aliphatic carbocycles. The van der Waals surface area contributed by atoms with Gasteiger partial charge in [0.1, 0.15) is 11.9 Å². The first-order valence-electron chi connectivity index (χ1n) is 7.27. The van der Waals surface area contributed by atoms with Gasteiger partial charge in [0.15, 0.2) is 0 Å². The molecule has 6 heteroatoms. The molecular weight excluding hydrogens is 302 g/mol. The van der Waals surface area contributed by atoms with Gasteiger partial charge in [0, 0.05) is 11.1 Å². The van der Waals surface area contributed by atoms with Crippen LogP contribution in [-0.4, -0.2) is 30.8 Å². The van der Waals surface area contributed by atoms with Gasteiger partial charge in [-0.25, -0.2) is 5.43 Å². The van der Waals surface area contributed by atoms with Gasteiger partial charge in [-0.15, -0.1) is 12.4 Å². The molecule has 0 saturated carbocycles. The summed E-state index contributed by atoms with van der Waals surface area (Å²) in [6, 6.07) is 7.75. The highest BCUT2D eigenvalue weighted by Crippen LogP contribution is 2.28. The van der Waals surface area contributed by atoms with Crippen LogP contribution in [0.1, 0.15) is 25.3 Å². The normalized spacial score (nSPS) is 23.2. The smallest absolute Gasteiger partial charge is 0.257 e. The number of carbonyl (C=O) groups excluding carboxylic acids is 1. The molecule has 2 heterocycles. The molecular formula is C16H20ClN3O2. The number of fused-ring (bicyclic) bond motifs is 1. The van der Waals surface area contributed by atoms with Gasteiger partial charge < -0.3 is 10.1 Å². The minimum absolute atomic E-state index is 0. The number of ether oxygens (including phenoxy) is 1. The molecule has 2 aliphatic heterocycles. The minimum Gasteiger partial charge on any atom is -0.485 e. The summed E-state index contributed by atoms with van der Waals surface area (Å²) >= 11 is 0. The monoisotopic (exact) mass is 321 g/mol. The Morgan fingerprint density at radius 3 is 3.05 bits per heavy atom. The van der Waals surface area contributed by atoms with Crippen molar-refractivity contribution in [1.82, 2.24) is 10.7 Å². The Bertz CT molecular complexity index is 595. The molecule has 118 valence electrons. The van der Waals surface area contributed by atoms with E-state index in [9.17, 15) is 4.79 Å². The molecule has 0 bridgehead atoms. The average Bonchev–Trinajstić information content (AvgIpc) is 3.02. The summed E-state index contributed by atoms with van der Waals surface area (Å²) in [5.41, 5.74) is 4.55. The molecule has 22 heavy (non-hydrogen) atoms. The molecule has 2 N–H and O–H groups in total. The number of carbonyl (C=O) groups is 1. The maximum absolute atomic E-state index is 11.8. The second-order valence-corrected chi connectivity index (χ2v) is 5.33. The fourth-order valence-corrected chi connectivity index (χ4v) is 2.56. The summed E-state index contributed by atoms with van der Waals surface area (Å²) in [5.74, 6) is 0.801. The first-order valence-corrected chi connectivity index (χ1v) is 7.27. The lowest BCUT2D eigenvalue weighted by molar-refractivity contribution is -0.122. The summed E-state index contributed by atoms with van der Waals surface area (Å²) in [6.07, 6.45) is 5.52. The Morgan fingerprint density at radius 2 is 2.27 bits per heavy atom. The van der Waals surface area contributed by atoms with Gasteiger partial charge in [-0.1, -0.05) is 18.2 Å². The summed E-state index contributed by atoms with van der Waals surface area (Å²) in [7, 11) is 0. The van der Waals surface area contributed by atoms with Crippen LogP contribution in [0.4, 0.5) is 0 Å². The number of hydrogen-bond donors (Lipinski definition) is 2. The number of nitrogens with one attached hydrogen (secondary N) is 2. The SMILES string of the molecule is CC1Oc2ccccc2C=C1/C=N/NC(=O)C1CCCN1.Cl. The second-order valence-electron chi connectivity index (χ2n) is 5.33. The van der Waals surface area contributed by atoms with Crippen molar-refractivity contribution < 1.29 is 9.53 Å². The molecule has 2 aliphatic rings. The summed E-state index contributed by atoms with van der Waals surface area (Å²) in [6.45, 7) is 2.86. The molecule has 1 amide bonds. The quantitative estimate of drug-likeness (QED) is 0.662. The van der Waals surface area contributed by atoms with E-state index in [4.69, 9.17) is 4.74 Å². The van der Waals surface area contributed by atoms with E-state index in [-0.39, 0.29) is 30.5 Å². The van der Waals surface area contributed by atoms with E-state index in [0.29, 0.717) is 0 Å². The molecule has 2 atom stereocenters. The van der Waals surface area contributed by atoms with Gasteiger partial charge in [-0.05, 0) is 38.5 Å². The Labute approximate surface area is 136 Å². The fraction of sp³-hybridized carbons (Fsp3) is 0.375. The summed E-state index contributed by atoms with van der Waals surface area (Å²) in [4.78, 5) is 11.8. The molecule has 1 aromatic carbocycles. The number of hydrazone groups is 1. The number of rotatable bonds is 3. The lowest BCUT2D eigenvalue weighted by Gasteiger charge is -2.22. The fourth-order valence-electron chi connectivity index (χ4n) is 2.56. The third-order valence-corrected chi connectivity index (χ3v) is 3.78. The zero-order chi connectivity index (χ0) is 14.7. The zero-order valence-corrected chi connectivity index (χ0v) is 13.2. The van der Waals surface area contributed by atoms with Crippen molar-refractivity contribution in [3.05, 3.63) is 35.4 Å². The number of para-hydroxylation sites is 1. The number of hydrogen-bond acceptors (Lipinski definition) is 4. The highest BCUT2D eigenvalue weighted by Gasteiger charge is 2.21. The van der Waals surface area contributed by atoms with Crippen LogP contribution in [-0.2, 0) is 4.79 Å². The Kier molecular flexibility index (Phi) is 5.57. The Balaban J connectivity index is 0.00000176. The van der Waals surface area contributed by atoms with Crippen LogP contribution in [0.15, 0.2) is 34.9 Å². The van der Waals surface area contributed by atoms with Crippen molar-refractivity contribution >= 4 is 30.6 Å². The molecule has 1 aromatic rings. The van der Waals surface area contributed by atoms with Gasteiger partial charge in [0.05, 0.1) is 12.3 Å². The predicted octanol–water partition coefficient (Wildman–Crippen LogP) is 2.13. The van der Waals surface area contributed by atoms with Crippen LogP contribution < -0.4 is 15.5 Å². The summed E-state index contributed by atoms with van der Waals surface area (Å²) in [5, 5.41) is 7.19. The van der Waals surface area contributed by atoms with Crippen LogP contribution in [0, 0.1) is 0 Å². The molecule has 0 aromatic heterocycles. The largest absolute Gasteiger partial charge is 0.485 e. The summed E-state index contributed by atoms with van der Waals surface area (Å²) < 4.78 is 5.82.